The molecule has 0 radical (unpaired) electrons. The van der Waals surface area contributed by atoms with Gasteiger partial charge in [0.15, 0.2) is 0 Å². The van der Waals surface area contributed by atoms with Crippen molar-refractivity contribution in [3.8, 4) is 16.9 Å². The van der Waals surface area contributed by atoms with Gasteiger partial charge in [-0.1, -0.05) is 77.8 Å². The number of hydrogen-bond donors (Lipinski definition) is 1. The Kier molecular flexibility index (Phi) is 7.73. The normalized spacial score (nSPS) is 12.9. The quantitative estimate of drug-likeness (QED) is 0.243. The summed E-state index contributed by atoms with van der Waals surface area (Å²) in [7, 11) is 0. The van der Waals surface area contributed by atoms with Crippen LogP contribution in [0.1, 0.15) is 33.5 Å². The van der Waals surface area contributed by atoms with Crippen molar-refractivity contribution in [3.63, 3.8) is 0 Å². The maximum absolute atomic E-state index is 11.0. The maximum atomic E-state index is 11.0. The smallest absolute Gasteiger partial charge is 0.335 e. The molecule has 5 rings (SSSR count). The Hall–Kier alpha value is -4.12. The van der Waals surface area contributed by atoms with Crippen LogP contribution in [0, 0.1) is 0 Å². The second-order valence-corrected chi connectivity index (χ2v) is 9.64. The molecule has 0 spiro atoms. The van der Waals surface area contributed by atoms with Crippen LogP contribution >= 0.6 is 23.2 Å². The zero-order valence-corrected chi connectivity index (χ0v) is 21.8. The van der Waals surface area contributed by atoms with Crippen LogP contribution in [0.5, 0.6) is 5.75 Å². The lowest BCUT2D eigenvalue weighted by atomic mass is 10.0. The third-order valence-corrected chi connectivity index (χ3v) is 6.67. The molecule has 1 aliphatic heterocycles. The Labute approximate surface area is 231 Å². The summed E-state index contributed by atoms with van der Waals surface area (Å²) >= 11 is 12.3. The van der Waals surface area contributed by atoms with E-state index in [0.717, 1.165) is 51.4 Å². The number of carboxylic acid groups (broad SMARTS) is 1. The van der Waals surface area contributed by atoms with E-state index in [2.05, 4.69) is 30.4 Å². The molecule has 0 bridgehead atoms. The van der Waals surface area contributed by atoms with Crippen molar-refractivity contribution in [1.29, 1.82) is 0 Å². The van der Waals surface area contributed by atoms with Crippen molar-refractivity contribution < 1.29 is 14.6 Å². The van der Waals surface area contributed by atoms with Gasteiger partial charge >= 0.3 is 5.97 Å². The maximum Gasteiger partial charge on any atom is 0.335 e. The van der Waals surface area contributed by atoms with Crippen LogP contribution in [0.25, 0.3) is 22.9 Å². The number of nitrogens with zero attached hydrogens (tertiary/aromatic N) is 1. The van der Waals surface area contributed by atoms with E-state index in [0.29, 0.717) is 16.7 Å². The Bertz CT molecular complexity index is 1570. The van der Waals surface area contributed by atoms with E-state index in [1.807, 2.05) is 48.5 Å². The Morgan fingerprint density at radius 1 is 0.895 bits per heavy atom. The highest BCUT2D eigenvalue weighted by molar-refractivity contribution is 6.35. The second-order valence-electron chi connectivity index (χ2n) is 8.79. The van der Waals surface area contributed by atoms with Gasteiger partial charge < -0.3 is 9.84 Å². The molecule has 0 amide bonds. The fourth-order valence-corrected chi connectivity index (χ4v) is 4.59. The third-order valence-electron chi connectivity index (χ3n) is 6.12. The summed E-state index contributed by atoms with van der Waals surface area (Å²) in [6, 6.07) is 28.4. The number of aliphatic imine (C=N–C) groups is 1. The van der Waals surface area contributed by atoms with Crippen molar-refractivity contribution in [2.45, 2.75) is 13.0 Å². The molecule has 0 atom stereocenters. The van der Waals surface area contributed by atoms with E-state index in [-0.39, 0.29) is 5.56 Å². The van der Waals surface area contributed by atoms with Gasteiger partial charge in [0.1, 0.15) is 12.4 Å². The predicted molar refractivity (Wildman–Crippen MR) is 155 cm³/mol. The number of carbonyl (C=O) groups is 1. The zero-order chi connectivity index (χ0) is 26.5. The van der Waals surface area contributed by atoms with E-state index in [1.165, 1.54) is 0 Å². The monoisotopic (exact) mass is 539 g/mol. The van der Waals surface area contributed by atoms with Crippen LogP contribution in [0.3, 0.4) is 0 Å². The van der Waals surface area contributed by atoms with Crippen LogP contribution in [0.4, 0.5) is 0 Å². The summed E-state index contributed by atoms with van der Waals surface area (Å²) in [6.45, 7) is 0.365. The molecule has 188 valence electrons. The predicted octanol–water partition coefficient (Wildman–Crippen LogP) is 8.84. The number of hydrogen-bond acceptors (Lipinski definition) is 3. The number of allylic oxidation sites excluding steroid dienone is 2. The third kappa shape index (κ3) is 6.23. The van der Waals surface area contributed by atoms with E-state index in [1.54, 1.807) is 30.3 Å². The van der Waals surface area contributed by atoms with Gasteiger partial charge in [0.2, 0.25) is 0 Å². The summed E-state index contributed by atoms with van der Waals surface area (Å²) < 4.78 is 5.86. The highest BCUT2D eigenvalue weighted by atomic mass is 35.5. The van der Waals surface area contributed by atoms with Crippen LogP contribution in [-0.4, -0.2) is 16.8 Å². The lowest BCUT2D eigenvalue weighted by Gasteiger charge is -2.08. The summed E-state index contributed by atoms with van der Waals surface area (Å²) in [5, 5.41) is 10.2. The fraction of sp³-hybridized carbons (Fsp3) is 0.0625. The molecule has 0 saturated carbocycles. The summed E-state index contributed by atoms with van der Waals surface area (Å²) in [5.74, 6) is -0.193. The molecule has 4 nitrogen and oxygen atoms in total. The largest absolute Gasteiger partial charge is 0.489 e. The van der Waals surface area contributed by atoms with Gasteiger partial charge in [0, 0.05) is 22.7 Å². The van der Waals surface area contributed by atoms with E-state index in [9.17, 15) is 4.79 Å². The Balaban J connectivity index is 1.22. The van der Waals surface area contributed by atoms with E-state index >= 15 is 0 Å². The fourth-order valence-electron chi connectivity index (χ4n) is 4.09. The lowest BCUT2D eigenvalue weighted by molar-refractivity contribution is 0.0697. The minimum atomic E-state index is -0.939. The molecule has 6 heteroatoms. The number of aromatic carboxylic acids is 1. The van der Waals surface area contributed by atoms with Gasteiger partial charge in [-0.25, -0.2) is 4.79 Å². The summed E-state index contributed by atoms with van der Waals surface area (Å²) in [6.07, 6.45) is 6.91. The highest BCUT2D eigenvalue weighted by Crippen LogP contribution is 2.31. The molecule has 0 saturated heterocycles. The van der Waals surface area contributed by atoms with Crippen molar-refractivity contribution in [3.05, 3.63) is 135 Å². The van der Waals surface area contributed by atoms with Crippen molar-refractivity contribution in [2.75, 3.05) is 0 Å². The zero-order valence-electron chi connectivity index (χ0n) is 20.3. The molecule has 0 aromatic heterocycles. The summed E-state index contributed by atoms with van der Waals surface area (Å²) in [4.78, 5) is 15.7. The van der Waals surface area contributed by atoms with Crippen LogP contribution in [0.2, 0.25) is 10.0 Å². The first kappa shape index (κ1) is 25.5. The average molecular weight is 540 g/mol. The second kappa shape index (κ2) is 11.5. The molecule has 0 fully saturated rings. The minimum absolute atomic E-state index is 0.260. The van der Waals surface area contributed by atoms with Gasteiger partial charge in [-0.2, -0.15) is 0 Å². The first-order valence-electron chi connectivity index (χ1n) is 12.0. The average Bonchev–Trinajstić information content (AvgIpc) is 3.40. The van der Waals surface area contributed by atoms with Gasteiger partial charge in [0.05, 0.1) is 16.3 Å². The van der Waals surface area contributed by atoms with Crippen molar-refractivity contribution >= 4 is 46.7 Å². The van der Waals surface area contributed by atoms with Crippen molar-refractivity contribution in [2.24, 2.45) is 4.99 Å². The molecule has 0 unspecified atom stereocenters. The number of ether oxygens (including phenoxy) is 1. The molecule has 1 N–H and O–H groups in total. The number of halogens is 2. The van der Waals surface area contributed by atoms with Crippen LogP contribution in [-0.2, 0) is 6.61 Å². The topological polar surface area (TPSA) is 58.9 Å². The molecular weight excluding hydrogens is 517 g/mol. The first-order chi connectivity index (χ1) is 18.4. The number of carboxylic acids is 1. The SMILES string of the molecule is O=C(O)c1ccc(COc2ccc(-c3cccc(/C=C/C4=NC(c5ccc(Cl)cc5Cl)=CC4)c3)cc2)cc1. The summed E-state index contributed by atoms with van der Waals surface area (Å²) in [5.41, 5.74) is 7.13. The molecule has 38 heavy (non-hydrogen) atoms. The molecule has 4 aromatic rings. The molecular formula is C32H23Cl2NO3. The standard InChI is InChI=1S/C32H23Cl2NO3/c33-26-11-16-29(30(34)19-26)31-17-13-27(35-31)12-6-21-2-1-3-25(18-21)23-9-14-28(15-10-23)38-20-22-4-7-24(8-5-22)32(36)37/h1-12,14-19H,13,20H2,(H,36,37)/b12-6+. The highest BCUT2D eigenvalue weighted by Gasteiger charge is 2.12. The molecule has 1 aliphatic rings. The molecule has 4 aromatic carbocycles. The van der Waals surface area contributed by atoms with Gasteiger partial charge in [-0.05, 0) is 76.9 Å². The van der Waals surface area contributed by atoms with Crippen LogP contribution in [0.15, 0.2) is 108 Å². The van der Waals surface area contributed by atoms with Gasteiger partial charge in [-0.3, -0.25) is 4.99 Å². The molecule has 0 aliphatic carbocycles. The number of benzene rings is 4. The Morgan fingerprint density at radius 3 is 2.42 bits per heavy atom. The first-order valence-corrected chi connectivity index (χ1v) is 12.8. The molecule has 1 heterocycles. The van der Waals surface area contributed by atoms with Gasteiger partial charge in [0.25, 0.3) is 0 Å². The van der Waals surface area contributed by atoms with Crippen LogP contribution < -0.4 is 4.74 Å². The Morgan fingerprint density at radius 2 is 1.68 bits per heavy atom. The van der Waals surface area contributed by atoms with Gasteiger partial charge in [-0.15, -0.1) is 0 Å². The van der Waals surface area contributed by atoms with Crippen molar-refractivity contribution in [1.82, 2.24) is 0 Å². The number of rotatable bonds is 8. The van der Waals surface area contributed by atoms with E-state index in [4.69, 9.17) is 38.0 Å². The van der Waals surface area contributed by atoms with E-state index < -0.39 is 5.97 Å². The lowest BCUT2D eigenvalue weighted by Crippen LogP contribution is -1.98. The minimum Gasteiger partial charge on any atom is -0.489 e.